The van der Waals surface area contributed by atoms with Crippen LogP contribution in [0.3, 0.4) is 0 Å². The Kier molecular flexibility index (Phi) is 3.69. The summed E-state index contributed by atoms with van der Waals surface area (Å²) >= 11 is 0. The summed E-state index contributed by atoms with van der Waals surface area (Å²) in [4.78, 5) is 0. The van der Waals surface area contributed by atoms with E-state index in [9.17, 15) is 0 Å². The molecule has 0 aliphatic carbocycles. The molecule has 0 saturated heterocycles. The Morgan fingerprint density at radius 1 is 1.42 bits per heavy atom. The minimum absolute atomic E-state index is 0.737. The normalized spacial score (nSPS) is 17.3. The first-order valence-corrected chi connectivity index (χ1v) is 7.49. The van der Waals surface area contributed by atoms with Crippen molar-refractivity contribution in [2.45, 2.75) is 39.1 Å². The first kappa shape index (κ1) is 11.4. The fourth-order valence-electron chi connectivity index (χ4n) is 1.05. The number of hydrogen-bond donors (Lipinski definition) is 0. The molecule has 0 aliphatic rings. The van der Waals surface area contributed by atoms with Gasteiger partial charge in [-0.15, -0.1) is 0 Å². The van der Waals surface area contributed by atoms with Gasteiger partial charge in [0.2, 0.25) is 0 Å². The zero-order chi connectivity index (χ0) is 9.83. The van der Waals surface area contributed by atoms with Crippen LogP contribution in [-0.4, -0.2) is 13.9 Å². The molecule has 3 heteroatoms. The van der Waals surface area contributed by atoms with Gasteiger partial charge in [-0.1, -0.05) is 6.08 Å². The molecule has 0 bridgehead atoms. The molecule has 0 radical (unpaired) electrons. The maximum atomic E-state index is 8.88. The van der Waals surface area contributed by atoms with Gasteiger partial charge in [0.15, 0.2) is 13.9 Å². The minimum atomic E-state index is -1.62. The van der Waals surface area contributed by atoms with Crippen LogP contribution in [0, 0.1) is 11.3 Å². The molecule has 0 rings (SSSR count). The molecule has 0 aromatic heterocycles. The number of rotatable bonds is 3. The number of nitriles is 1. The van der Waals surface area contributed by atoms with E-state index in [1.165, 1.54) is 0 Å². The van der Waals surface area contributed by atoms with Crippen molar-refractivity contribution in [3.63, 3.8) is 0 Å². The molecule has 0 N–H and O–H groups in total. The van der Waals surface area contributed by atoms with Crippen molar-refractivity contribution in [2.24, 2.45) is 0 Å². The van der Waals surface area contributed by atoms with Gasteiger partial charge in [-0.3, -0.25) is 0 Å². The molecular formula is C9H17NOSi. The fourth-order valence-corrected chi connectivity index (χ4v) is 2.43. The zero-order valence-corrected chi connectivity index (χ0v) is 9.51. The van der Waals surface area contributed by atoms with Gasteiger partial charge in [0.1, 0.15) is 6.07 Å². The monoisotopic (exact) mass is 183 g/mol. The van der Waals surface area contributed by atoms with Crippen molar-refractivity contribution in [3.8, 4) is 6.07 Å². The van der Waals surface area contributed by atoms with Gasteiger partial charge in [0.25, 0.3) is 0 Å². The lowest BCUT2D eigenvalue weighted by Crippen LogP contribution is -2.38. The maximum Gasteiger partial charge on any atom is 0.186 e. The molecule has 0 aromatic carbocycles. The largest absolute Gasteiger partial charge is 0.397 e. The van der Waals surface area contributed by atoms with Crippen molar-refractivity contribution in [3.05, 3.63) is 12.2 Å². The predicted molar refractivity (Wildman–Crippen MR) is 53.3 cm³/mol. The van der Waals surface area contributed by atoms with Crippen molar-refractivity contribution in [1.82, 2.24) is 0 Å². The molecule has 0 aromatic rings. The van der Waals surface area contributed by atoms with Gasteiger partial charge in [-0.05, 0) is 39.6 Å². The summed E-state index contributed by atoms with van der Waals surface area (Å²) in [7, 11) is -1.62. The lowest BCUT2D eigenvalue weighted by atomic mass is 10.1. The van der Waals surface area contributed by atoms with Crippen LogP contribution in [-0.2, 0) is 4.43 Å². The lowest BCUT2D eigenvalue weighted by molar-refractivity contribution is 0.192. The van der Waals surface area contributed by atoms with Crippen LogP contribution >= 0.6 is 0 Å². The van der Waals surface area contributed by atoms with Crippen LogP contribution in [0.25, 0.3) is 0 Å². The van der Waals surface area contributed by atoms with Crippen LogP contribution in [0.2, 0.25) is 19.6 Å². The van der Waals surface area contributed by atoms with Crippen molar-refractivity contribution in [1.29, 1.82) is 5.26 Å². The summed E-state index contributed by atoms with van der Waals surface area (Å²) in [5.74, 6) is 0. The Balaban J connectivity index is 4.48. The molecule has 68 valence electrons. The SMILES string of the molecule is C/C=C/[C@](C)(C#N)O[Si](C)(C)C. The Morgan fingerprint density at radius 3 is 2.17 bits per heavy atom. The van der Waals surface area contributed by atoms with Crippen LogP contribution in [0.5, 0.6) is 0 Å². The van der Waals surface area contributed by atoms with Gasteiger partial charge in [-0.25, -0.2) is 0 Å². The van der Waals surface area contributed by atoms with Crippen molar-refractivity contribution in [2.75, 3.05) is 0 Å². The molecule has 0 unspecified atom stereocenters. The van der Waals surface area contributed by atoms with Crippen LogP contribution in [0.4, 0.5) is 0 Å². The van der Waals surface area contributed by atoms with E-state index in [1.807, 2.05) is 13.0 Å². The standard InChI is InChI=1S/C9H17NOSi/c1-6-7-9(2,8-10)11-12(3,4)5/h6-7H,1-5H3/b7-6+/t9-/m1/s1. The molecule has 2 nitrogen and oxygen atoms in total. The summed E-state index contributed by atoms with van der Waals surface area (Å²) in [6.45, 7) is 9.92. The fraction of sp³-hybridized carbons (Fsp3) is 0.667. The second kappa shape index (κ2) is 3.88. The van der Waals surface area contributed by atoms with Gasteiger partial charge in [-0.2, -0.15) is 5.26 Å². The van der Waals surface area contributed by atoms with Crippen LogP contribution in [0.1, 0.15) is 13.8 Å². The summed E-state index contributed by atoms with van der Waals surface area (Å²) in [6, 6.07) is 2.16. The van der Waals surface area contributed by atoms with Gasteiger partial charge in [0, 0.05) is 0 Å². The Labute approximate surface area is 76.0 Å². The maximum absolute atomic E-state index is 8.88. The lowest BCUT2D eigenvalue weighted by Gasteiger charge is -2.27. The van der Waals surface area contributed by atoms with E-state index in [-0.39, 0.29) is 0 Å². The third-order valence-corrected chi connectivity index (χ3v) is 2.26. The number of nitrogens with zero attached hydrogens (tertiary/aromatic N) is 1. The first-order valence-electron chi connectivity index (χ1n) is 4.08. The van der Waals surface area contributed by atoms with Crippen LogP contribution in [0.15, 0.2) is 12.2 Å². The first-order chi connectivity index (χ1) is 5.33. The molecule has 0 amide bonds. The summed E-state index contributed by atoms with van der Waals surface area (Å²) in [5.41, 5.74) is -0.737. The van der Waals surface area contributed by atoms with Crippen molar-refractivity contribution < 1.29 is 4.43 Å². The Morgan fingerprint density at radius 2 is 1.92 bits per heavy atom. The van der Waals surface area contributed by atoms with E-state index in [4.69, 9.17) is 9.69 Å². The van der Waals surface area contributed by atoms with E-state index in [2.05, 4.69) is 25.7 Å². The van der Waals surface area contributed by atoms with E-state index >= 15 is 0 Å². The second-order valence-electron chi connectivity index (χ2n) is 3.93. The second-order valence-corrected chi connectivity index (χ2v) is 8.36. The Hall–Kier alpha value is -0.593. The summed E-state index contributed by atoms with van der Waals surface area (Å²) < 4.78 is 5.71. The third kappa shape index (κ3) is 4.32. The molecule has 0 fully saturated rings. The predicted octanol–water partition coefficient (Wildman–Crippen LogP) is 2.70. The van der Waals surface area contributed by atoms with Crippen molar-refractivity contribution >= 4 is 8.32 Å². The minimum Gasteiger partial charge on any atom is -0.397 e. The highest BCUT2D eigenvalue weighted by atomic mass is 28.4. The molecule has 0 saturated carbocycles. The topological polar surface area (TPSA) is 33.0 Å². The molecular weight excluding hydrogens is 166 g/mol. The number of allylic oxidation sites excluding steroid dienone is 1. The average Bonchev–Trinajstić information content (AvgIpc) is 1.84. The molecule has 0 spiro atoms. The Bertz CT molecular complexity index is 212. The van der Waals surface area contributed by atoms with Gasteiger partial charge >= 0.3 is 0 Å². The molecule has 0 aliphatic heterocycles. The number of hydrogen-bond acceptors (Lipinski definition) is 2. The third-order valence-electron chi connectivity index (χ3n) is 1.22. The van der Waals surface area contributed by atoms with Crippen LogP contribution < -0.4 is 0 Å². The average molecular weight is 183 g/mol. The van der Waals surface area contributed by atoms with E-state index < -0.39 is 13.9 Å². The molecule has 1 atom stereocenters. The van der Waals surface area contributed by atoms with E-state index in [0.29, 0.717) is 0 Å². The quantitative estimate of drug-likeness (QED) is 0.498. The zero-order valence-electron chi connectivity index (χ0n) is 8.51. The molecule has 0 heterocycles. The highest BCUT2D eigenvalue weighted by Crippen LogP contribution is 2.18. The van der Waals surface area contributed by atoms with E-state index in [0.717, 1.165) is 0 Å². The van der Waals surface area contributed by atoms with Gasteiger partial charge in [0.05, 0.1) is 0 Å². The highest BCUT2D eigenvalue weighted by molar-refractivity contribution is 6.69. The summed E-state index contributed by atoms with van der Waals surface area (Å²) in [5, 5.41) is 8.88. The van der Waals surface area contributed by atoms with Gasteiger partial charge < -0.3 is 4.43 Å². The summed E-state index contributed by atoms with van der Waals surface area (Å²) in [6.07, 6.45) is 3.65. The highest BCUT2D eigenvalue weighted by Gasteiger charge is 2.28. The smallest absolute Gasteiger partial charge is 0.186 e. The molecule has 12 heavy (non-hydrogen) atoms. The van der Waals surface area contributed by atoms with E-state index in [1.54, 1.807) is 13.0 Å².